The van der Waals surface area contributed by atoms with Crippen LogP contribution in [0.5, 0.6) is 0 Å². The Kier molecular flexibility index (Phi) is 6.35. The number of methoxy groups -OCH3 is 1. The smallest absolute Gasteiger partial charge is 0.288 e. The van der Waals surface area contributed by atoms with E-state index in [0.717, 1.165) is 12.1 Å². The van der Waals surface area contributed by atoms with E-state index in [4.69, 9.17) is 16.3 Å². The molecule has 18 heavy (non-hydrogen) atoms. The Bertz CT molecular complexity index is 435. The van der Waals surface area contributed by atoms with Crippen LogP contribution in [0, 0.1) is 10.1 Å². The van der Waals surface area contributed by atoms with Gasteiger partial charge in [-0.1, -0.05) is 29.8 Å². The molecule has 0 unspecified atom stereocenters. The van der Waals surface area contributed by atoms with Gasteiger partial charge in [-0.15, -0.1) is 0 Å². The summed E-state index contributed by atoms with van der Waals surface area (Å²) in [5.74, 6) is 0. The number of rotatable bonds is 7. The molecule has 0 bridgehead atoms. The summed E-state index contributed by atoms with van der Waals surface area (Å²) in [4.78, 5) is 10.2. The predicted molar refractivity (Wildman–Crippen MR) is 71.9 cm³/mol. The number of nitrogens with one attached hydrogen (secondary N) is 1. The zero-order chi connectivity index (χ0) is 13.4. The van der Waals surface area contributed by atoms with E-state index in [1.807, 2.05) is 12.2 Å². The molecule has 0 radical (unpaired) electrons. The van der Waals surface area contributed by atoms with E-state index in [1.165, 1.54) is 12.1 Å². The number of benzene rings is 1. The van der Waals surface area contributed by atoms with E-state index in [1.54, 1.807) is 13.2 Å². The third kappa shape index (κ3) is 4.83. The lowest BCUT2D eigenvalue weighted by Gasteiger charge is -2.00. The van der Waals surface area contributed by atoms with Crippen LogP contribution in [0.1, 0.15) is 5.56 Å². The Morgan fingerprint density at radius 3 is 3.00 bits per heavy atom. The summed E-state index contributed by atoms with van der Waals surface area (Å²) in [5.41, 5.74) is 0.672. The zero-order valence-corrected chi connectivity index (χ0v) is 10.8. The van der Waals surface area contributed by atoms with Gasteiger partial charge in [-0.3, -0.25) is 10.1 Å². The topological polar surface area (TPSA) is 64.4 Å². The molecule has 0 aliphatic heterocycles. The first kappa shape index (κ1) is 14.6. The fourth-order valence-corrected chi connectivity index (χ4v) is 1.51. The number of ether oxygens (including phenoxy) is 1. The van der Waals surface area contributed by atoms with Gasteiger partial charge in [0.25, 0.3) is 5.69 Å². The first-order valence-electron chi connectivity index (χ1n) is 5.45. The second-order valence-corrected chi connectivity index (χ2v) is 3.97. The lowest BCUT2D eigenvalue weighted by molar-refractivity contribution is -0.384. The molecule has 0 fully saturated rings. The lowest BCUT2D eigenvalue weighted by atomic mass is 10.2. The highest BCUT2D eigenvalue weighted by molar-refractivity contribution is 6.32. The summed E-state index contributed by atoms with van der Waals surface area (Å²) >= 11 is 5.72. The Balaban J connectivity index is 2.54. The van der Waals surface area contributed by atoms with Gasteiger partial charge in [0.2, 0.25) is 0 Å². The third-order valence-electron chi connectivity index (χ3n) is 2.22. The van der Waals surface area contributed by atoms with Crippen molar-refractivity contribution in [2.45, 2.75) is 0 Å². The summed E-state index contributed by atoms with van der Waals surface area (Å²) in [6.45, 7) is 2.10. The molecule has 0 heterocycles. The number of hydrogen-bond donors (Lipinski definition) is 1. The molecule has 0 aromatic heterocycles. The molecule has 5 nitrogen and oxygen atoms in total. The molecule has 1 aromatic carbocycles. The molecule has 0 aliphatic rings. The van der Waals surface area contributed by atoms with Crippen LogP contribution in [0.15, 0.2) is 24.3 Å². The minimum Gasteiger partial charge on any atom is -0.383 e. The van der Waals surface area contributed by atoms with Crippen LogP contribution in [0.4, 0.5) is 5.69 Å². The van der Waals surface area contributed by atoms with E-state index >= 15 is 0 Å². The molecule has 0 saturated heterocycles. The second-order valence-electron chi connectivity index (χ2n) is 3.57. The van der Waals surface area contributed by atoms with Crippen molar-refractivity contribution in [3.63, 3.8) is 0 Å². The Morgan fingerprint density at radius 2 is 2.33 bits per heavy atom. The molecular formula is C12H15ClN2O3. The number of nitrogens with zero attached hydrogens (tertiary/aromatic N) is 1. The maximum atomic E-state index is 10.7. The average molecular weight is 271 g/mol. The molecule has 1 N–H and O–H groups in total. The summed E-state index contributed by atoms with van der Waals surface area (Å²) in [7, 11) is 1.64. The minimum absolute atomic E-state index is 0.0776. The number of halogens is 1. The fraction of sp³-hybridized carbons (Fsp3) is 0.333. The molecule has 0 saturated carbocycles. The largest absolute Gasteiger partial charge is 0.383 e. The zero-order valence-electron chi connectivity index (χ0n) is 10.1. The average Bonchev–Trinajstić information content (AvgIpc) is 2.35. The number of nitro groups is 1. The highest BCUT2D eigenvalue weighted by atomic mass is 35.5. The normalized spacial score (nSPS) is 11.0. The molecule has 0 aliphatic carbocycles. The van der Waals surface area contributed by atoms with Crippen molar-refractivity contribution < 1.29 is 9.66 Å². The van der Waals surface area contributed by atoms with E-state index in [9.17, 15) is 10.1 Å². The first-order chi connectivity index (χ1) is 8.65. The maximum absolute atomic E-state index is 10.7. The SMILES string of the molecule is COCCNCC=Cc1ccc(Cl)c([N+](=O)[O-])c1. The monoisotopic (exact) mass is 270 g/mol. The van der Waals surface area contributed by atoms with Crippen molar-refractivity contribution in [1.29, 1.82) is 0 Å². The van der Waals surface area contributed by atoms with Gasteiger partial charge < -0.3 is 10.1 Å². The van der Waals surface area contributed by atoms with Crippen molar-refractivity contribution in [3.8, 4) is 0 Å². The molecule has 0 atom stereocenters. The van der Waals surface area contributed by atoms with Gasteiger partial charge in [0.05, 0.1) is 11.5 Å². The Labute approximate surface area is 111 Å². The van der Waals surface area contributed by atoms with Gasteiger partial charge in [0.15, 0.2) is 0 Å². The van der Waals surface area contributed by atoms with Gasteiger partial charge in [0.1, 0.15) is 5.02 Å². The van der Waals surface area contributed by atoms with Crippen LogP contribution in [0.3, 0.4) is 0 Å². The molecule has 1 rings (SSSR count). The summed E-state index contributed by atoms with van der Waals surface area (Å²) in [5, 5.41) is 14.0. The van der Waals surface area contributed by atoms with Crippen LogP contribution in [-0.4, -0.2) is 31.7 Å². The second kappa shape index (κ2) is 7.81. The highest BCUT2D eigenvalue weighted by Gasteiger charge is 2.11. The molecule has 1 aromatic rings. The van der Waals surface area contributed by atoms with E-state index in [2.05, 4.69) is 5.32 Å². The third-order valence-corrected chi connectivity index (χ3v) is 2.54. The van der Waals surface area contributed by atoms with Crippen LogP contribution >= 0.6 is 11.6 Å². The molecule has 6 heteroatoms. The van der Waals surface area contributed by atoms with E-state index in [0.29, 0.717) is 13.2 Å². The van der Waals surface area contributed by atoms with Crippen molar-refractivity contribution in [1.82, 2.24) is 5.32 Å². The summed E-state index contributed by atoms with van der Waals surface area (Å²) in [6.07, 6.45) is 3.70. The van der Waals surface area contributed by atoms with Gasteiger partial charge in [-0.2, -0.15) is 0 Å². The maximum Gasteiger partial charge on any atom is 0.288 e. The first-order valence-corrected chi connectivity index (χ1v) is 5.83. The van der Waals surface area contributed by atoms with Crippen LogP contribution in [0.25, 0.3) is 6.08 Å². The van der Waals surface area contributed by atoms with Gasteiger partial charge in [0, 0.05) is 26.3 Å². The van der Waals surface area contributed by atoms with Gasteiger partial charge in [-0.05, 0) is 11.6 Å². The molecule has 0 amide bonds. The van der Waals surface area contributed by atoms with Crippen molar-refractivity contribution in [2.75, 3.05) is 26.8 Å². The van der Waals surface area contributed by atoms with Crippen LogP contribution in [-0.2, 0) is 4.74 Å². The van der Waals surface area contributed by atoms with Crippen LogP contribution < -0.4 is 5.32 Å². The van der Waals surface area contributed by atoms with E-state index in [-0.39, 0.29) is 10.7 Å². The predicted octanol–water partition coefficient (Wildman–Crippen LogP) is 2.50. The standard InChI is InChI=1S/C12H15ClN2O3/c1-18-8-7-14-6-2-3-10-4-5-11(13)12(9-10)15(16)17/h2-5,9,14H,6-8H2,1H3. The number of hydrogen-bond acceptors (Lipinski definition) is 4. The fourth-order valence-electron chi connectivity index (χ4n) is 1.33. The molecule has 0 spiro atoms. The summed E-state index contributed by atoms with van der Waals surface area (Å²) in [6, 6.07) is 4.71. The quantitative estimate of drug-likeness (QED) is 0.470. The highest BCUT2D eigenvalue weighted by Crippen LogP contribution is 2.25. The van der Waals surface area contributed by atoms with Gasteiger partial charge >= 0.3 is 0 Å². The van der Waals surface area contributed by atoms with Crippen molar-refractivity contribution in [2.24, 2.45) is 0 Å². The van der Waals surface area contributed by atoms with Crippen molar-refractivity contribution >= 4 is 23.4 Å². The Hall–Kier alpha value is -1.43. The van der Waals surface area contributed by atoms with E-state index < -0.39 is 4.92 Å². The van der Waals surface area contributed by atoms with Gasteiger partial charge in [-0.25, -0.2) is 0 Å². The van der Waals surface area contributed by atoms with Crippen LogP contribution in [0.2, 0.25) is 5.02 Å². The molecular weight excluding hydrogens is 256 g/mol. The van der Waals surface area contributed by atoms with Crippen molar-refractivity contribution in [3.05, 3.63) is 45.0 Å². The summed E-state index contributed by atoms with van der Waals surface area (Å²) < 4.78 is 4.89. The number of nitro benzene ring substituents is 1. The molecule has 98 valence electrons. The Morgan fingerprint density at radius 1 is 1.56 bits per heavy atom. The minimum atomic E-state index is -0.490. The lowest BCUT2D eigenvalue weighted by Crippen LogP contribution is -2.18.